The number of hydrogen-bond acceptors (Lipinski definition) is 4. The number of benzene rings is 2. The predicted octanol–water partition coefficient (Wildman–Crippen LogP) is 3.61. The van der Waals surface area contributed by atoms with Crippen LogP contribution in [0.3, 0.4) is 0 Å². The summed E-state index contributed by atoms with van der Waals surface area (Å²) in [6, 6.07) is 13.9. The molecule has 1 heterocycles. The molecular weight excluding hydrogens is 382 g/mol. The fraction of sp³-hybridized carbons (Fsp3) is 0.348. The zero-order chi connectivity index (χ0) is 21.9. The van der Waals surface area contributed by atoms with Crippen LogP contribution in [0.2, 0.25) is 0 Å². The second-order valence-corrected chi connectivity index (χ2v) is 7.60. The van der Waals surface area contributed by atoms with Gasteiger partial charge in [-0.25, -0.2) is 4.79 Å². The number of urea groups is 1. The minimum absolute atomic E-state index is 0.223. The predicted molar refractivity (Wildman–Crippen MR) is 114 cm³/mol. The first kappa shape index (κ1) is 21.4. The van der Waals surface area contributed by atoms with Gasteiger partial charge in [-0.05, 0) is 41.7 Å². The maximum Gasteiger partial charge on any atom is 0.325 e. The maximum atomic E-state index is 13.2. The minimum Gasteiger partial charge on any atom is -0.497 e. The lowest BCUT2D eigenvalue weighted by Gasteiger charge is -2.26. The quantitative estimate of drug-likeness (QED) is 0.684. The Morgan fingerprint density at radius 2 is 1.80 bits per heavy atom. The molecular formula is C23H27N3O4. The van der Waals surface area contributed by atoms with E-state index in [1.807, 2.05) is 45.0 Å². The van der Waals surface area contributed by atoms with Gasteiger partial charge in [0, 0.05) is 5.69 Å². The van der Waals surface area contributed by atoms with E-state index in [0.717, 1.165) is 10.5 Å². The number of ether oxygens (including phenoxy) is 1. The number of para-hydroxylation sites is 1. The highest BCUT2D eigenvalue weighted by Gasteiger charge is 2.51. The fourth-order valence-electron chi connectivity index (χ4n) is 3.73. The van der Waals surface area contributed by atoms with Crippen LogP contribution in [0.15, 0.2) is 48.5 Å². The molecule has 0 saturated carbocycles. The molecule has 1 aliphatic heterocycles. The third-order valence-corrected chi connectivity index (χ3v) is 5.45. The summed E-state index contributed by atoms with van der Waals surface area (Å²) in [7, 11) is 1.56. The third-order valence-electron chi connectivity index (χ3n) is 5.45. The summed E-state index contributed by atoms with van der Waals surface area (Å²) in [5, 5.41) is 5.62. The van der Waals surface area contributed by atoms with Gasteiger partial charge in [0.1, 0.15) is 17.8 Å². The van der Waals surface area contributed by atoms with E-state index in [9.17, 15) is 14.4 Å². The normalized spacial score (nSPS) is 18.5. The summed E-state index contributed by atoms with van der Waals surface area (Å²) in [4.78, 5) is 39.5. The molecule has 0 unspecified atom stereocenters. The van der Waals surface area contributed by atoms with E-state index in [1.54, 1.807) is 31.4 Å². The number of carbonyl (C=O) groups excluding carboxylic acids is 3. The monoisotopic (exact) mass is 409 g/mol. The van der Waals surface area contributed by atoms with Crippen LogP contribution in [0.4, 0.5) is 10.5 Å². The second-order valence-electron chi connectivity index (χ2n) is 7.60. The van der Waals surface area contributed by atoms with Gasteiger partial charge in [0.05, 0.1) is 7.11 Å². The maximum absolute atomic E-state index is 13.2. The van der Waals surface area contributed by atoms with Gasteiger partial charge < -0.3 is 15.4 Å². The first-order valence-electron chi connectivity index (χ1n) is 9.99. The van der Waals surface area contributed by atoms with Crippen molar-refractivity contribution in [3.63, 3.8) is 0 Å². The van der Waals surface area contributed by atoms with E-state index in [2.05, 4.69) is 10.6 Å². The third kappa shape index (κ3) is 3.87. The molecule has 2 aromatic carbocycles. The lowest BCUT2D eigenvalue weighted by molar-refractivity contribution is -0.134. The van der Waals surface area contributed by atoms with E-state index in [4.69, 9.17) is 4.74 Å². The number of nitrogens with one attached hydrogen (secondary N) is 2. The molecule has 0 spiro atoms. The molecule has 158 valence electrons. The van der Waals surface area contributed by atoms with Gasteiger partial charge in [0.25, 0.3) is 5.91 Å². The van der Waals surface area contributed by atoms with E-state index in [0.29, 0.717) is 23.4 Å². The summed E-state index contributed by atoms with van der Waals surface area (Å²) in [6.45, 7) is 5.54. The summed E-state index contributed by atoms with van der Waals surface area (Å²) in [5.74, 6) is 0.0172. The average molecular weight is 409 g/mol. The highest BCUT2D eigenvalue weighted by molar-refractivity contribution is 6.10. The first-order chi connectivity index (χ1) is 14.3. The number of rotatable bonds is 7. The number of imide groups is 1. The molecule has 0 aromatic heterocycles. The lowest BCUT2D eigenvalue weighted by atomic mass is 9.87. The molecule has 3 rings (SSSR count). The van der Waals surface area contributed by atoms with Gasteiger partial charge in [-0.15, -0.1) is 0 Å². The van der Waals surface area contributed by atoms with Gasteiger partial charge in [-0.1, -0.05) is 51.1 Å². The van der Waals surface area contributed by atoms with Crippen LogP contribution in [0.25, 0.3) is 0 Å². The molecule has 1 fully saturated rings. The van der Waals surface area contributed by atoms with E-state index in [1.165, 1.54) is 0 Å². The summed E-state index contributed by atoms with van der Waals surface area (Å²) >= 11 is 0. The highest BCUT2D eigenvalue weighted by Crippen LogP contribution is 2.33. The van der Waals surface area contributed by atoms with Crippen LogP contribution in [0.1, 0.15) is 44.2 Å². The van der Waals surface area contributed by atoms with Crippen molar-refractivity contribution in [1.29, 1.82) is 0 Å². The molecule has 4 amide bonds. The SMILES string of the molecule is CC[C@@]1(c2ccc(OC)cc2)NC(=O)N(CC(=O)Nc2ccccc2C(C)C)C1=O. The van der Waals surface area contributed by atoms with Crippen molar-refractivity contribution in [2.24, 2.45) is 0 Å². The summed E-state index contributed by atoms with van der Waals surface area (Å²) in [6.07, 6.45) is 0.359. The van der Waals surface area contributed by atoms with Crippen molar-refractivity contribution >= 4 is 23.5 Å². The number of hydrogen-bond donors (Lipinski definition) is 2. The summed E-state index contributed by atoms with van der Waals surface area (Å²) in [5.41, 5.74) is 1.13. The minimum atomic E-state index is -1.19. The number of nitrogens with zero attached hydrogens (tertiary/aromatic N) is 1. The van der Waals surface area contributed by atoms with Crippen molar-refractivity contribution in [1.82, 2.24) is 10.2 Å². The molecule has 7 heteroatoms. The Morgan fingerprint density at radius 3 is 2.40 bits per heavy atom. The first-order valence-corrected chi connectivity index (χ1v) is 9.99. The standard InChI is InChI=1S/C23H27N3O4/c1-5-23(16-10-12-17(30-4)13-11-16)21(28)26(22(29)25-23)14-20(27)24-19-9-7-6-8-18(19)15(2)3/h6-13,15H,5,14H2,1-4H3,(H,24,27)(H,25,29)/t23-/m0/s1. The topological polar surface area (TPSA) is 87.7 Å². The number of amides is 4. The molecule has 0 aliphatic carbocycles. The Labute approximate surface area is 176 Å². The van der Waals surface area contributed by atoms with E-state index >= 15 is 0 Å². The zero-order valence-electron chi connectivity index (χ0n) is 17.7. The van der Waals surface area contributed by atoms with Crippen molar-refractivity contribution in [2.75, 3.05) is 19.0 Å². The van der Waals surface area contributed by atoms with Gasteiger partial charge in [0.2, 0.25) is 5.91 Å². The average Bonchev–Trinajstić information content (AvgIpc) is 2.99. The van der Waals surface area contributed by atoms with Crippen molar-refractivity contribution < 1.29 is 19.1 Å². The Hall–Kier alpha value is -3.35. The fourth-order valence-corrected chi connectivity index (χ4v) is 3.73. The molecule has 30 heavy (non-hydrogen) atoms. The number of carbonyl (C=O) groups is 3. The van der Waals surface area contributed by atoms with Crippen molar-refractivity contribution in [3.05, 3.63) is 59.7 Å². The lowest BCUT2D eigenvalue weighted by Crippen LogP contribution is -2.44. The van der Waals surface area contributed by atoms with Crippen molar-refractivity contribution in [3.8, 4) is 5.75 Å². The molecule has 2 N–H and O–H groups in total. The second kappa shape index (κ2) is 8.57. The zero-order valence-corrected chi connectivity index (χ0v) is 17.7. The van der Waals surface area contributed by atoms with Gasteiger partial charge in [0.15, 0.2) is 0 Å². The highest BCUT2D eigenvalue weighted by atomic mass is 16.5. The largest absolute Gasteiger partial charge is 0.497 e. The number of anilines is 1. The van der Waals surface area contributed by atoms with E-state index < -0.39 is 23.4 Å². The van der Waals surface area contributed by atoms with Crippen LogP contribution < -0.4 is 15.4 Å². The molecule has 1 saturated heterocycles. The van der Waals surface area contributed by atoms with E-state index in [-0.39, 0.29) is 12.5 Å². The number of methoxy groups -OCH3 is 1. The van der Waals surface area contributed by atoms with Gasteiger partial charge >= 0.3 is 6.03 Å². The molecule has 0 radical (unpaired) electrons. The van der Waals surface area contributed by atoms with Crippen molar-refractivity contribution in [2.45, 2.75) is 38.6 Å². The Morgan fingerprint density at radius 1 is 1.13 bits per heavy atom. The smallest absolute Gasteiger partial charge is 0.325 e. The van der Waals surface area contributed by atoms with Gasteiger partial charge in [-0.3, -0.25) is 14.5 Å². The molecule has 1 atom stereocenters. The van der Waals surface area contributed by atoms with Crippen LogP contribution in [0.5, 0.6) is 5.75 Å². The van der Waals surface area contributed by atoms with Crippen LogP contribution in [-0.2, 0) is 15.1 Å². The Bertz CT molecular complexity index is 955. The van der Waals surface area contributed by atoms with Crippen LogP contribution in [0, 0.1) is 0 Å². The molecule has 7 nitrogen and oxygen atoms in total. The molecule has 0 bridgehead atoms. The molecule has 1 aliphatic rings. The Balaban J connectivity index is 1.79. The van der Waals surface area contributed by atoms with Crippen LogP contribution >= 0.6 is 0 Å². The Kier molecular flexibility index (Phi) is 6.10. The molecule has 2 aromatic rings. The van der Waals surface area contributed by atoms with Gasteiger partial charge in [-0.2, -0.15) is 0 Å². The summed E-state index contributed by atoms with van der Waals surface area (Å²) < 4.78 is 5.17. The van der Waals surface area contributed by atoms with Crippen LogP contribution in [-0.4, -0.2) is 36.4 Å².